The summed E-state index contributed by atoms with van der Waals surface area (Å²) in [6.45, 7) is 3.67. The quantitative estimate of drug-likeness (QED) is 0.888. The van der Waals surface area contributed by atoms with Crippen LogP contribution in [0.4, 0.5) is 0 Å². The summed E-state index contributed by atoms with van der Waals surface area (Å²) in [6.07, 6.45) is 0. The summed E-state index contributed by atoms with van der Waals surface area (Å²) in [7, 11) is 0. The highest BCUT2D eigenvalue weighted by molar-refractivity contribution is 5.97. The molecule has 0 aromatic heterocycles. The summed E-state index contributed by atoms with van der Waals surface area (Å²) in [4.78, 5) is 23.4. The van der Waals surface area contributed by atoms with Crippen molar-refractivity contribution in [1.82, 2.24) is 5.32 Å². The van der Waals surface area contributed by atoms with Gasteiger partial charge in [0.05, 0.1) is 6.54 Å². The summed E-state index contributed by atoms with van der Waals surface area (Å²) in [6, 6.07) is 16.2. The highest BCUT2D eigenvalue weighted by atomic mass is 16.5. The number of rotatable bonds is 6. The Labute approximate surface area is 130 Å². The van der Waals surface area contributed by atoms with E-state index < -0.39 is 0 Å². The van der Waals surface area contributed by atoms with Gasteiger partial charge in [-0.05, 0) is 36.4 Å². The molecule has 0 unspecified atom stereocenters. The Kier molecular flexibility index (Phi) is 5.31. The van der Waals surface area contributed by atoms with Gasteiger partial charge in [0.15, 0.2) is 5.78 Å². The van der Waals surface area contributed by atoms with E-state index in [0.29, 0.717) is 11.3 Å². The minimum Gasteiger partial charge on any atom is -0.457 e. The molecule has 0 atom stereocenters. The molecule has 0 fully saturated rings. The summed E-state index contributed by atoms with van der Waals surface area (Å²) in [5.41, 5.74) is 0.497. The van der Waals surface area contributed by atoms with Crippen LogP contribution in [0.1, 0.15) is 24.2 Å². The first-order valence-corrected chi connectivity index (χ1v) is 7.20. The topological polar surface area (TPSA) is 55.4 Å². The Morgan fingerprint density at radius 3 is 2.14 bits per heavy atom. The van der Waals surface area contributed by atoms with E-state index in [1.807, 2.05) is 44.2 Å². The first-order chi connectivity index (χ1) is 10.6. The van der Waals surface area contributed by atoms with Gasteiger partial charge in [0, 0.05) is 11.5 Å². The van der Waals surface area contributed by atoms with Gasteiger partial charge in [-0.3, -0.25) is 9.59 Å². The number of nitrogens with one attached hydrogen (secondary N) is 1. The Bertz CT molecular complexity index is 633. The van der Waals surface area contributed by atoms with E-state index in [2.05, 4.69) is 5.32 Å². The van der Waals surface area contributed by atoms with E-state index >= 15 is 0 Å². The highest BCUT2D eigenvalue weighted by Gasteiger charge is 2.10. The number of hydrogen-bond donors (Lipinski definition) is 1. The zero-order chi connectivity index (χ0) is 15.9. The molecule has 0 saturated carbocycles. The molecule has 4 heteroatoms. The Morgan fingerprint density at radius 2 is 1.55 bits per heavy atom. The van der Waals surface area contributed by atoms with Crippen LogP contribution in [-0.2, 0) is 4.79 Å². The number of ether oxygens (including phenoxy) is 1. The maximum absolute atomic E-state index is 11.9. The maximum atomic E-state index is 11.9. The van der Waals surface area contributed by atoms with Crippen molar-refractivity contribution in [2.75, 3.05) is 6.54 Å². The van der Waals surface area contributed by atoms with E-state index in [-0.39, 0.29) is 24.2 Å². The third kappa shape index (κ3) is 4.45. The zero-order valence-electron chi connectivity index (χ0n) is 12.7. The molecule has 0 aliphatic carbocycles. The molecule has 0 aliphatic heterocycles. The molecule has 114 valence electrons. The van der Waals surface area contributed by atoms with Gasteiger partial charge in [-0.15, -0.1) is 0 Å². The molecule has 22 heavy (non-hydrogen) atoms. The monoisotopic (exact) mass is 297 g/mol. The number of hydrogen-bond acceptors (Lipinski definition) is 3. The lowest BCUT2D eigenvalue weighted by Gasteiger charge is -2.08. The molecule has 2 aromatic carbocycles. The first kappa shape index (κ1) is 15.8. The van der Waals surface area contributed by atoms with Crippen LogP contribution in [0.15, 0.2) is 54.6 Å². The Balaban J connectivity index is 1.94. The number of carbonyl (C=O) groups is 2. The van der Waals surface area contributed by atoms with Crippen LogP contribution in [0.2, 0.25) is 0 Å². The van der Waals surface area contributed by atoms with Gasteiger partial charge in [-0.25, -0.2) is 0 Å². The number of amides is 1. The summed E-state index contributed by atoms with van der Waals surface area (Å²) < 4.78 is 5.66. The van der Waals surface area contributed by atoms with Crippen LogP contribution in [0, 0.1) is 5.92 Å². The third-order valence-electron chi connectivity index (χ3n) is 3.16. The second-order valence-electron chi connectivity index (χ2n) is 5.24. The number of carbonyl (C=O) groups excluding carboxylic acids is 2. The predicted molar refractivity (Wildman–Crippen MR) is 85.1 cm³/mol. The Hall–Kier alpha value is -2.62. The molecule has 0 bridgehead atoms. The van der Waals surface area contributed by atoms with Gasteiger partial charge in [0.25, 0.3) is 5.91 Å². The molecular weight excluding hydrogens is 278 g/mol. The van der Waals surface area contributed by atoms with Crippen molar-refractivity contribution >= 4 is 11.7 Å². The molecule has 0 heterocycles. The van der Waals surface area contributed by atoms with Crippen molar-refractivity contribution in [1.29, 1.82) is 0 Å². The van der Waals surface area contributed by atoms with Crippen molar-refractivity contribution in [2.24, 2.45) is 5.92 Å². The van der Waals surface area contributed by atoms with Gasteiger partial charge < -0.3 is 10.1 Å². The maximum Gasteiger partial charge on any atom is 0.251 e. The summed E-state index contributed by atoms with van der Waals surface area (Å²) >= 11 is 0. The SMILES string of the molecule is CC(C)C(=O)CNC(=O)c1ccc(Oc2ccccc2)cc1. The van der Waals surface area contributed by atoms with E-state index in [0.717, 1.165) is 5.75 Å². The number of benzene rings is 2. The van der Waals surface area contributed by atoms with Gasteiger partial charge in [0.1, 0.15) is 11.5 Å². The normalized spacial score (nSPS) is 10.3. The lowest BCUT2D eigenvalue weighted by molar-refractivity contribution is -0.120. The fourth-order valence-electron chi connectivity index (χ4n) is 1.77. The average molecular weight is 297 g/mol. The van der Waals surface area contributed by atoms with Crippen LogP contribution in [0.25, 0.3) is 0 Å². The first-order valence-electron chi connectivity index (χ1n) is 7.20. The van der Waals surface area contributed by atoms with Gasteiger partial charge >= 0.3 is 0 Å². The Morgan fingerprint density at radius 1 is 0.955 bits per heavy atom. The fraction of sp³-hybridized carbons (Fsp3) is 0.222. The summed E-state index contributed by atoms with van der Waals surface area (Å²) in [5.74, 6) is 1.06. The smallest absolute Gasteiger partial charge is 0.251 e. The van der Waals surface area contributed by atoms with E-state index in [1.54, 1.807) is 24.3 Å². The van der Waals surface area contributed by atoms with Crippen LogP contribution in [0.3, 0.4) is 0 Å². The molecule has 0 spiro atoms. The molecule has 1 N–H and O–H groups in total. The van der Waals surface area contributed by atoms with E-state index in [1.165, 1.54) is 0 Å². The average Bonchev–Trinajstić information content (AvgIpc) is 2.54. The van der Waals surface area contributed by atoms with Gasteiger partial charge in [-0.1, -0.05) is 32.0 Å². The number of Topliss-reactive ketones (excluding diaryl/α,β-unsaturated/α-hetero) is 1. The van der Waals surface area contributed by atoms with Gasteiger partial charge in [-0.2, -0.15) is 0 Å². The lowest BCUT2D eigenvalue weighted by atomic mass is 10.1. The van der Waals surface area contributed by atoms with Crippen LogP contribution in [-0.4, -0.2) is 18.2 Å². The summed E-state index contributed by atoms with van der Waals surface area (Å²) in [5, 5.41) is 2.62. The van der Waals surface area contributed by atoms with Crippen LogP contribution < -0.4 is 10.1 Å². The second-order valence-corrected chi connectivity index (χ2v) is 5.24. The molecule has 2 aromatic rings. The minimum atomic E-state index is -0.264. The van der Waals surface area contributed by atoms with Crippen molar-refractivity contribution < 1.29 is 14.3 Å². The molecule has 4 nitrogen and oxygen atoms in total. The molecule has 0 saturated heterocycles. The number of para-hydroxylation sites is 1. The molecule has 1 amide bonds. The standard InChI is InChI=1S/C18H19NO3/c1-13(2)17(20)12-19-18(21)14-8-10-16(11-9-14)22-15-6-4-3-5-7-15/h3-11,13H,12H2,1-2H3,(H,19,21). The third-order valence-corrected chi connectivity index (χ3v) is 3.16. The van der Waals surface area contributed by atoms with Crippen LogP contribution >= 0.6 is 0 Å². The predicted octanol–water partition coefficient (Wildman–Crippen LogP) is 3.43. The van der Waals surface area contributed by atoms with Crippen molar-refractivity contribution in [2.45, 2.75) is 13.8 Å². The van der Waals surface area contributed by atoms with Crippen molar-refractivity contribution in [3.8, 4) is 11.5 Å². The van der Waals surface area contributed by atoms with Gasteiger partial charge in [0.2, 0.25) is 0 Å². The zero-order valence-corrected chi connectivity index (χ0v) is 12.7. The fourth-order valence-corrected chi connectivity index (χ4v) is 1.77. The molecule has 0 radical (unpaired) electrons. The minimum absolute atomic E-state index is 0.0115. The van der Waals surface area contributed by atoms with E-state index in [4.69, 9.17) is 4.74 Å². The van der Waals surface area contributed by atoms with Crippen molar-refractivity contribution in [3.05, 3.63) is 60.2 Å². The second kappa shape index (κ2) is 7.41. The highest BCUT2D eigenvalue weighted by Crippen LogP contribution is 2.21. The largest absolute Gasteiger partial charge is 0.457 e. The molecule has 2 rings (SSSR count). The molecular formula is C18H19NO3. The van der Waals surface area contributed by atoms with Crippen molar-refractivity contribution in [3.63, 3.8) is 0 Å². The van der Waals surface area contributed by atoms with E-state index in [9.17, 15) is 9.59 Å². The number of ketones is 1. The van der Waals surface area contributed by atoms with Crippen LogP contribution in [0.5, 0.6) is 11.5 Å². The lowest BCUT2D eigenvalue weighted by Crippen LogP contribution is -2.31. The molecule has 0 aliphatic rings.